The van der Waals surface area contributed by atoms with Crippen LogP contribution in [-0.2, 0) is 10.0 Å². The molecule has 0 aliphatic rings. The molecule has 0 aromatic heterocycles. The van der Waals surface area contributed by atoms with E-state index in [1.165, 1.54) is 0 Å². The Bertz CT molecular complexity index is 538. The van der Waals surface area contributed by atoms with E-state index in [1.54, 1.807) is 12.1 Å². The molecule has 108 valence electrons. The molecule has 0 aliphatic carbocycles. The number of benzene rings is 1. The molecule has 4 nitrogen and oxygen atoms in total. The van der Waals surface area contributed by atoms with Crippen LogP contribution in [0.1, 0.15) is 38.3 Å². The number of aryl methyl sites for hydroxylation is 2. The van der Waals surface area contributed by atoms with Gasteiger partial charge < -0.3 is 4.74 Å². The SMILES string of the molecule is CCOc1cc(C)c(C)cc1S(=O)(=O)NC(C)CC. The van der Waals surface area contributed by atoms with E-state index in [4.69, 9.17) is 4.74 Å². The Morgan fingerprint density at radius 1 is 1.21 bits per heavy atom. The predicted octanol–water partition coefficient (Wildman–Crippen LogP) is 2.78. The molecule has 1 aromatic rings. The average Bonchev–Trinajstić information content (AvgIpc) is 2.33. The van der Waals surface area contributed by atoms with Crippen LogP contribution in [0.25, 0.3) is 0 Å². The molecule has 0 heterocycles. The Hall–Kier alpha value is -1.07. The number of nitrogens with one attached hydrogen (secondary N) is 1. The number of sulfonamides is 1. The van der Waals surface area contributed by atoms with Gasteiger partial charge in [0, 0.05) is 6.04 Å². The second-order valence-corrected chi connectivity index (χ2v) is 6.43. The second kappa shape index (κ2) is 6.39. The minimum atomic E-state index is -3.54. The van der Waals surface area contributed by atoms with Gasteiger partial charge in [-0.2, -0.15) is 0 Å². The monoisotopic (exact) mass is 285 g/mol. The lowest BCUT2D eigenvalue weighted by Crippen LogP contribution is -2.32. The molecule has 0 bridgehead atoms. The molecule has 1 atom stereocenters. The maximum absolute atomic E-state index is 12.4. The molecule has 1 rings (SSSR count). The van der Waals surface area contributed by atoms with E-state index in [0.717, 1.165) is 17.5 Å². The van der Waals surface area contributed by atoms with Crippen molar-refractivity contribution < 1.29 is 13.2 Å². The molecule has 1 aromatic carbocycles. The van der Waals surface area contributed by atoms with Gasteiger partial charge in [-0.15, -0.1) is 0 Å². The lowest BCUT2D eigenvalue weighted by Gasteiger charge is -2.16. The van der Waals surface area contributed by atoms with Gasteiger partial charge in [0.2, 0.25) is 10.0 Å². The molecular formula is C14H23NO3S. The van der Waals surface area contributed by atoms with Crippen molar-refractivity contribution in [2.75, 3.05) is 6.61 Å². The zero-order valence-corrected chi connectivity index (χ0v) is 13.1. The Kier molecular flexibility index (Phi) is 5.38. The molecule has 0 saturated heterocycles. The Morgan fingerprint density at radius 2 is 1.79 bits per heavy atom. The molecule has 19 heavy (non-hydrogen) atoms. The minimum Gasteiger partial charge on any atom is -0.492 e. The molecule has 1 unspecified atom stereocenters. The van der Waals surface area contributed by atoms with Crippen LogP contribution in [0.5, 0.6) is 5.75 Å². The number of ether oxygens (including phenoxy) is 1. The minimum absolute atomic E-state index is 0.0962. The van der Waals surface area contributed by atoms with Crippen LogP contribution in [0, 0.1) is 13.8 Å². The third-order valence-corrected chi connectivity index (χ3v) is 4.73. The van der Waals surface area contributed by atoms with Gasteiger partial charge in [0.25, 0.3) is 0 Å². The van der Waals surface area contributed by atoms with E-state index in [-0.39, 0.29) is 10.9 Å². The molecule has 0 aliphatic heterocycles. The Labute approximate surface area is 116 Å². The van der Waals surface area contributed by atoms with E-state index < -0.39 is 10.0 Å². The molecular weight excluding hydrogens is 262 g/mol. The summed E-state index contributed by atoms with van der Waals surface area (Å²) in [4.78, 5) is 0.220. The topological polar surface area (TPSA) is 55.4 Å². The fourth-order valence-electron chi connectivity index (χ4n) is 1.65. The van der Waals surface area contributed by atoms with Crippen molar-refractivity contribution in [3.05, 3.63) is 23.3 Å². The zero-order valence-electron chi connectivity index (χ0n) is 12.3. The highest BCUT2D eigenvalue weighted by Crippen LogP contribution is 2.27. The third kappa shape index (κ3) is 3.94. The van der Waals surface area contributed by atoms with Crippen molar-refractivity contribution in [1.29, 1.82) is 0 Å². The number of rotatable bonds is 6. The fraction of sp³-hybridized carbons (Fsp3) is 0.571. The molecule has 0 saturated carbocycles. The fourth-order valence-corrected chi connectivity index (χ4v) is 3.19. The van der Waals surface area contributed by atoms with Crippen molar-refractivity contribution in [2.45, 2.75) is 52.0 Å². The van der Waals surface area contributed by atoms with Crippen molar-refractivity contribution in [3.8, 4) is 5.75 Å². The van der Waals surface area contributed by atoms with Gasteiger partial charge in [-0.1, -0.05) is 6.92 Å². The molecule has 0 spiro atoms. The summed E-state index contributed by atoms with van der Waals surface area (Å²) in [5.41, 5.74) is 1.96. The Morgan fingerprint density at radius 3 is 2.32 bits per heavy atom. The van der Waals surface area contributed by atoms with Crippen LogP contribution in [0.4, 0.5) is 0 Å². The van der Waals surface area contributed by atoms with Crippen molar-refractivity contribution >= 4 is 10.0 Å². The van der Waals surface area contributed by atoms with Crippen LogP contribution in [-0.4, -0.2) is 21.1 Å². The van der Waals surface area contributed by atoms with Gasteiger partial charge in [-0.05, 0) is 57.4 Å². The van der Waals surface area contributed by atoms with E-state index >= 15 is 0 Å². The van der Waals surface area contributed by atoms with Crippen LogP contribution in [0.2, 0.25) is 0 Å². The highest BCUT2D eigenvalue weighted by molar-refractivity contribution is 7.89. The van der Waals surface area contributed by atoms with E-state index in [1.807, 2.05) is 34.6 Å². The summed E-state index contributed by atoms with van der Waals surface area (Å²) in [7, 11) is -3.54. The molecule has 0 fully saturated rings. The van der Waals surface area contributed by atoms with Gasteiger partial charge in [-0.25, -0.2) is 13.1 Å². The average molecular weight is 285 g/mol. The normalized spacial score (nSPS) is 13.3. The summed E-state index contributed by atoms with van der Waals surface area (Å²) < 4.78 is 32.9. The first-order chi connectivity index (χ1) is 8.81. The van der Waals surface area contributed by atoms with E-state index in [0.29, 0.717) is 12.4 Å². The van der Waals surface area contributed by atoms with E-state index in [9.17, 15) is 8.42 Å². The standard InChI is InChI=1S/C14H23NO3S/c1-6-12(5)15-19(16,17)14-9-11(4)10(3)8-13(14)18-7-2/h8-9,12,15H,6-7H2,1-5H3. The van der Waals surface area contributed by atoms with E-state index in [2.05, 4.69) is 4.72 Å². The summed E-state index contributed by atoms with van der Waals surface area (Å²) in [6.45, 7) is 9.90. The quantitative estimate of drug-likeness (QED) is 0.874. The zero-order chi connectivity index (χ0) is 14.6. The molecule has 0 amide bonds. The van der Waals surface area contributed by atoms with Gasteiger partial charge in [0.15, 0.2) is 0 Å². The van der Waals surface area contributed by atoms with Crippen molar-refractivity contribution in [1.82, 2.24) is 4.72 Å². The summed E-state index contributed by atoms with van der Waals surface area (Å²) >= 11 is 0. The Balaban J connectivity index is 3.27. The summed E-state index contributed by atoms with van der Waals surface area (Å²) in [6, 6.07) is 3.36. The molecule has 1 N–H and O–H groups in total. The smallest absolute Gasteiger partial charge is 0.244 e. The highest BCUT2D eigenvalue weighted by Gasteiger charge is 2.22. The third-order valence-electron chi connectivity index (χ3n) is 3.12. The first kappa shape index (κ1) is 16.0. The summed E-state index contributed by atoms with van der Waals surface area (Å²) in [5, 5.41) is 0. The van der Waals surface area contributed by atoms with Crippen LogP contribution in [0.3, 0.4) is 0 Å². The first-order valence-electron chi connectivity index (χ1n) is 6.58. The maximum Gasteiger partial charge on any atom is 0.244 e. The largest absolute Gasteiger partial charge is 0.492 e. The maximum atomic E-state index is 12.4. The van der Waals surface area contributed by atoms with Gasteiger partial charge >= 0.3 is 0 Å². The van der Waals surface area contributed by atoms with Crippen molar-refractivity contribution in [3.63, 3.8) is 0 Å². The van der Waals surface area contributed by atoms with Gasteiger partial charge in [0.05, 0.1) is 6.61 Å². The van der Waals surface area contributed by atoms with Crippen LogP contribution < -0.4 is 9.46 Å². The van der Waals surface area contributed by atoms with Gasteiger partial charge in [0.1, 0.15) is 10.6 Å². The second-order valence-electron chi connectivity index (χ2n) is 4.75. The summed E-state index contributed by atoms with van der Waals surface area (Å²) in [6.07, 6.45) is 0.744. The van der Waals surface area contributed by atoms with Crippen molar-refractivity contribution in [2.24, 2.45) is 0 Å². The van der Waals surface area contributed by atoms with Crippen LogP contribution >= 0.6 is 0 Å². The predicted molar refractivity (Wildman–Crippen MR) is 77.2 cm³/mol. The number of hydrogen-bond donors (Lipinski definition) is 1. The molecule has 5 heteroatoms. The first-order valence-corrected chi connectivity index (χ1v) is 8.06. The van der Waals surface area contributed by atoms with Gasteiger partial charge in [-0.3, -0.25) is 0 Å². The lowest BCUT2D eigenvalue weighted by molar-refractivity contribution is 0.330. The summed E-state index contributed by atoms with van der Waals surface area (Å²) in [5.74, 6) is 0.418. The van der Waals surface area contributed by atoms with Crippen LogP contribution in [0.15, 0.2) is 17.0 Å². The number of hydrogen-bond acceptors (Lipinski definition) is 3. The highest BCUT2D eigenvalue weighted by atomic mass is 32.2. The molecule has 0 radical (unpaired) electrons. The lowest BCUT2D eigenvalue weighted by atomic mass is 10.1.